The Morgan fingerprint density at radius 1 is 1.02 bits per heavy atom. The van der Waals surface area contributed by atoms with Gasteiger partial charge in [-0.15, -0.1) is 0 Å². The molecule has 3 N–H and O–H groups in total. The molecule has 4 amide bonds. The van der Waals surface area contributed by atoms with E-state index >= 15 is 0 Å². The number of sulfonamides is 1. The lowest BCUT2D eigenvalue weighted by molar-refractivity contribution is -0.141. The highest BCUT2D eigenvalue weighted by Gasteiger charge is 2.62. The maximum atomic E-state index is 14.6. The van der Waals surface area contributed by atoms with Crippen molar-refractivity contribution in [2.75, 3.05) is 13.7 Å². The van der Waals surface area contributed by atoms with Gasteiger partial charge in [0, 0.05) is 28.9 Å². The molecule has 5 aromatic rings. The topological polar surface area (TPSA) is 212 Å². The fourth-order valence-electron chi connectivity index (χ4n) is 8.23. The number of halogens is 1. The number of fused-ring (bicyclic) bond motifs is 5. The third-order valence-corrected chi connectivity index (χ3v) is 13.6. The van der Waals surface area contributed by atoms with E-state index < -0.39 is 74.5 Å². The van der Waals surface area contributed by atoms with Gasteiger partial charge in [-0.25, -0.2) is 22.6 Å². The van der Waals surface area contributed by atoms with E-state index in [0.29, 0.717) is 48.0 Å². The third kappa shape index (κ3) is 8.03. The van der Waals surface area contributed by atoms with Crippen LogP contribution in [0.5, 0.6) is 5.88 Å². The van der Waals surface area contributed by atoms with Crippen LogP contribution in [-0.4, -0.2) is 89.7 Å². The molecule has 3 fully saturated rings. The molecule has 5 heterocycles. The second-order valence-electron chi connectivity index (χ2n) is 16.0. The number of nitrogens with one attached hydrogen (secondary N) is 3. The molecule has 9 rings (SSSR count). The molecule has 5 atom stereocenters. The summed E-state index contributed by atoms with van der Waals surface area (Å²) in [5.74, 6) is -2.24. The molecule has 0 bridgehead atoms. The van der Waals surface area contributed by atoms with Crippen molar-refractivity contribution in [3.05, 3.63) is 78.8 Å². The van der Waals surface area contributed by atoms with Crippen LogP contribution in [0.15, 0.2) is 81.8 Å². The summed E-state index contributed by atoms with van der Waals surface area (Å²) in [7, 11) is -2.76. The van der Waals surface area contributed by atoms with Crippen LogP contribution in [0.25, 0.3) is 44.8 Å². The first-order valence-corrected chi connectivity index (χ1v) is 21.9. The SMILES string of the molecule is COC(=O)N[C@H]1CCCCC/C=C\[C@@H]2C[C@@]2(C(=O)NS(=O)(=O)C2CC2)NC(=O)[C@@H]2C[C@@H](Oc3nc(-c4ccc(-c5ccco5)cc4)nc4c3oc3ccc(F)cc34)CN2C1=O. The lowest BCUT2D eigenvalue weighted by Gasteiger charge is -2.29. The fourth-order valence-corrected chi connectivity index (χ4v) is 9.60. The molecule has 3 aromatic heterocycles. The third-order valence-electron chi connectivity index (χ3n) is 11.8. The van der Waals surface area contributed by atoms with Crippen molar-refractivity contribution in [2.45, 2.75) is 86.8 Å². The summed E-state index contributed by atoms with van der Waals surface area (Å²) in [6.45, 7) is -0.150. The zero-order valence-corrected chi connectivity index (χ0v) is 33.9. The van der Waals surface area contributed by atoms with Crippen LogP contribution < -0.4 is 20.1 Å². The number of furan rings is 2. The first kappa shape index (κ1) is 40.1. The summed E-state index contributed by atoms with van der Waals surface area (Å²) in [5.41, 5.74) is 0.552. The van der Waals surface area contributed by atoms with Crippen LogP contribution in [0.2, 0.25) is 0 Å². The monoisotopic (exact) mass is 854 g/mol. The predicted octanol–water partition coefficient (Wildman–Crippen LogP) is 5.52. The molecule has 2 aliphatic carbocycles. The Balaban J connectivity index is 1.07. The van der Waals surface area contributed by atoms with Crippen molar-refractivity contribution >= 4 is 55.9 Å². The van der Waals surface area contributed by atoms with Crippen molar-refractivity contribution in [3.63, 3.8) is 0 Å². The Morgan fingerprint density at radius 3 is 2.57 bits per heavy atom. The van der Waals surface area contributed by atoms with Crippen LogP contribution in [0.3, 0.4) is 0 Å². The van der Waals surface area contributed by atoms with Gasteiger partial charge >= 0.3 is 6.09 Å². The number of methoxy groups -OCH3 is 1. The van der Waals surface area contributed by atoms with Gasteiger partial charge < -0.3 is 33.8 Å². The first-order chi connectivity index (χ1) is 29.4. The number of aromatic nitrogens is 2. The van der Waals surface area contributed by atoms with E-state index in [2.05, 4.69) is 15.4 Å². The van der Waals surface area contributed by atoms with Gasteiger partial charge in [-0.2, -0.15) is 4.98 Å². The maximum absolute atomic E-state index is 14.6. The number of amides is 4. The summed E-state index contributed by atoms with van der Waals surface area (Å²) in [4.78, 5) is 66.2. The van der Waals surface area contributed by atoms with Gasteiger partial charge in [-0.3, -0.25) is 19.1 Å². The average molecular weight is 855 g/mol. The Morgan fingerprint density at radius 2 is 1.82 bits per heavy atom. The predicted molar refractivity (Wildman–Crippen MR) is 218 cm³/mol. The first-order valence-electron chi connectivity index (χ1n) is 20.3. The number of carbonyl (C=O) groups is 4. The molecular weight excluding hydrogens is 812 g/mol. The second-order valence-corrected chi connectivity index (χ2v) is 18.0. The van der Waals surface area contributed by atoms with E-state index in [1.165, 1.54) is 30.2 Å². The molecule has 16 nitrogen and oxygen atoms in total. The second kappa shape index (κ2) is 15.9. The van der Waals surface area contributed by atoms with E-state index in [4.69, 9.17) is 28.3 Å². The van der Waals surface area contributed by atoms with Gasteiger partial charge in [0.2, 0.25) is 27.4 Å². The number of benzene rings is 2. The maximum Gasteiger partial charge on any atom is 0.407 e. The number of hydrogen-bond acceptors (Lipinski definition) is 12. The van der Waals surface area contributed by atoms with Crippen LogP contribution in [0.4, 0.5) is 9.18 Å². The van der Waals surface area contributed by atoms with E-state index in [-0.39, 0.29) is 48.6 Å². The fraction of sp³-hybridized carbons (Fsp3) is 0.395. The van der Waals surface area contributed by atoms with Crippen LogP contribution >= 0.6 is 0 Å². The Labute approximate surface area is 349 Å². The molecule has 0 unspecified atom stereocenters. The molecular formula is C43H43FN6O10S. The van der Waals surface area contributed by atoms with Gasteiger partial charge in [-0.05, 0) is 68.9 Å². The molecule has 0 spiro atoms. The summed E-state index contributed by atoms with van der Waals surface area (Å²) in [5, 5.41) is 5.18. The van der Waals surface area contributed by atoms with E-state index in [1.54, 1.807) is 24.5 Å². The lowest BCUT2D eigenvalue weighted by atomic mass is 10.1. The van der Waals surface area contributed by atoms with Crippen molar-refractivity contribution in [3.8, 4) is 28.6 Å². The normalized spacial score (nSPS) is 25.1. The molecule has 2 saturated carbocycles. The highest BCUT2D eigenvalue weighted by atomic mass is 32.2. The zero-order valence-electron chi connectivity index (χ0n) is 33.1. The van der Waals surface area contributed by atoms with E-state index in [9.17, 15) is 32.0 Å². The van der Waals surface area contributed by atoms with Crippen molar-refractivity contribution in [1.82, 2.24) is 30.2 Å². The minimum Gasteiger partial charge on any atom is -0.470 e. The Bertz CT molecular complexity index is 2660. The van der Waals surface area contributed by atoms with Gasteiger partial charge in [-0.1, -0.05) is 49.3 Å². The molecule has 318 valence electrons. The number of alkyl carbamates (subject to hydrolysis) is 1. The smallest absolute Gasteiger partial charge is 0.407 e. The number of allylic oxidation sites excluding steroid dienone is 1. The van der Waals surface area contributed by atoms with E-state index in [1.807, 2.05) is 30.4 Å². The van der Waals surface area contributed by atoms with Gasteiger partial charge in [0.25, 0.3) is 11.8 Å². The molecule has 2 aliphatic heterocycles. The van der Waals surface area contributed by atoms with Crippen LogP contribution in [-0.2, 0) is 29.1 Å². The highest BCUT2D eigenvalue weighted by Crippen LogP contribution is 2.46. The number of hydrogen-bond donors (Lipinski definition) is 3. The highest BCUT2D eigenvalue weighted by molar-refractivity contribution is 7.91. The molecule has 18 heteroatoms. The van der Waals surface area contributed by atoms with Gasteiger partial charge in [0.05, 0.1) is 25.2 Å². The summed E-state index contributed by atoms with van der Waals surface area (Å²) in [6, 6.07) is 12.6. The standard InChI is InChI=1S/C43H43FN6O10S/c1-57-42(54)45-31-9-6-4-2-3-5-8-26-22-43(26,41(53)49-61(55,56)29-16-17-29)48-38(51)32-21-28(23-50(32)40(31)52)59-39-36-35(30-20-27(44)15-18-34(30)60-36)46-37(47-39)25-13-11-24(12-14-25)33-10-7-19-58-33/h5,7-8,10-15,18-20,26,28-29,31-32H,2-4,6,9,16-17,21-23H2,1H3,(H,45,54)(H,48,51)(H,49,53)/b8-5-/t26-,28-,31+,32+,43-/m1/s1. The van der Waals surface area contributed by atoms with Crippen molar-refractivity contribution in [1.29, 1.82) is 0 Å². The molecule has 2 aromatic carbocycles. The number of ether oxygens (including phenoxy) is 2. The minimum atomic E-state index is -3.95. The molecule has 61 heavy (non-hydrogen) atoms. The van der Waals surface area contributed by atoms with Crippen molar-refractivity contribution in [2.24, 2.45) is 5.92 Å². The summed E-state index contributed by atoms with van der Waals surface area (Å²) >= 11 is 0. The van der Waals surface area contributed by atoms with E-state index in [0.717, 1.165) is 18.4 Å². The summed E-state index contributed by atoms with van der Waals surface area (Å²) < 4.78 is 65.7. The van der Waals surface area contributed by atoms with Gasteiger partial charge in [0.15, 0.2) is 5.82 Å². The Hall–Kier alpha value is -6.30. The van der Waals surface area contributed by atoms with Gasteiger partial charge in [0.1, 0.15) is 46.4 Å². The molecule has 4 aliphatic rings. The quantitative estimate of drug-likeness (QED) is 0.165. The summed E-state index contributed by atoms with van der Waals surface area (Å²) in [6.07, 6.45) is 7.51. The minimum absolute atomic E-state index is 0.0231. The van der Waals surface area contributed by atoms with Crippen LogP contribution in [0, 0.1) is 11.7 Å². The molecule has 1 saturated heterocycles. The van der Waals surface area contributed by atoms with Crippen molar-refractivity contribution < 1.29 is 50.3 Å². The lowest BCUT2D eigenvalue weighted by Crippen LogP contribution is -2.58. The average Bonchev–Trinajstić information content (AvgIpc) is 4.05. The molecule has 0 radical (unpaired) electrons. The number of rotatable bonds is 8. The Kier molecular flexibility index (Phi) is 10.5. The zero-order chi connectivity index (χ0) is 42.5. The number of carbonyl (C=O) groups excluding carboxylic acids is 4. The van der Waals surface area contributed by atoms with Crippen LogP contribution in [0.1, 0.15) is 57.8 Å². The largest absolute Gasteiger partial charge is 0.470 e. The number of nitrogens with zero attached hydrogens (tertiary/aromatic N) is 3.